The van der Waals surface area contributed by atoms with Crippen LogP contribution < -0.4 is 5.32 Å². The normalized spacial score (nSPS) is 18.1. The predicted molar refractivity (Wildman–Crippen MR) is 101 cm³/mol. The van der Waals surface area contributed by atoms with Gasteiger partial charge in [-0.15, -0.1) is 0 Å². The van der Waals surface area contributed by atoms with Gasteiger partial charge in [0, 0.05) is 32.2 Å². The molecule has 1 aliphatic heterocycles. The summed E-state index contributed by atoms with van der Waals surface area (Å²) in [6.07, 6.45) is -2.88. The molecule has 1 N–H and O–H groups in total. The van der Waals surface area contributed by atoms with E-state index in [0.717, 1.165) is 6.42 Å². The van der Waals surface area contributed by atoms with Crippen molar-refractivity contribution in [1.82, 2.24) is 15.1 Å². The van der Waals surface area contributed by atoms with Gasteiger partial charge in [-0.2, -0.15) is 13.2 Å². The van der Waals surface area contributed by atoms with E-state index in [1.807, 2.05) is 25.1 Å². The van der Waals surface area contributed by atoms with Crippen LogP contribution in [0.2, 0.25) is 0 Å². The first kappa shape index (κ1) is 21.5. The predicted octanol–water partition coefficient (Wildman–Crippen LogP) is 4.02. The molecule has 152 valence electrons. The van der Waals surface area contributed by atoms with Crippen molar-refractivity contribution >= 4 is 6.03 Å². The van der Waals surface area contributed by atoms with E-state index in [1.165, 1.54) is 10.5 Å². The zero-order chi connectivity index (χ0) is 20.1. The summed E-state index contributed by atoms with van der Waals surface area (Å²) in [4.78, 5) is 15.5. The van der Waals surface area contributed by atoms with E-state index in [2.05, 4.69) is 31.3 Å². The molecule has 0 saturated carbocycles. The first-order chi connectivity index (χ1) is 12.6. The van der Waals surface area contributed by atoms with Gasteiger partial charge in [0.05, 0.1) is 6.54 Å². The Balaban J connectivity index is 1.85. The van der Waals surface area contributed by atoms with E-state index >= 15 is 0 Å². The monoisotopic (exact) mass is 385 g/mol. The highest BCUT2D eigenvalue weighted by Gasteiger charge is 2.32. The molecule has 0 aromatic heterocycles. The lowest BCUT2D eigenvalue weighted by atomic mass is 9.79. The second-order valence-electron chi connectivity index (χ2n) is 8.04. The molecule has 1 aliphatic rings. The van der Waals surface area contributed by atoms with Crippen molar-refractivity contribution in [2.24, 2.45) is 0 Å². The SMILES string of the molecule is CC(CC(C)(C)c1ccccc1)NC(=O)N1CCCN(CC(F)(F)F)CC1. The number of rotatable bonds is 5. The van der Waals surface area contributed by atoms with Crippen molar-refractivity contribution in [2.75, 3.05) is 32.7 Å². The Hall–Kier alpha value is -1.76. The highest BCUT2D eigenvalue weighted by atomic mass is 19.4. The fraction of sp³-hybridized carbons (Fsp3) is 0.650. The first-order valence-corrected chi connectivity index (χ1v) is 9.47. The van der Waals surface area contributed by atoms with Crippen molar-refractivity contribution in [3.8, 4) is 0 Å². The standard InChI is InChI=1S/C20H30F3N3O/c1-16(14-19(2,3)17-8-5-4-6-9-17)24-18(27)26-11-7-10-25(12-13-26)15-20(21,22)23/h4-6,8-9,16H,7,10-15H2,1-3H3,(H,24,27). The first-order valence-electron chi connectivity index (χ1n) is 9.47. The molecule has 1 heterocycles. The van der Waals surface area contributed by atoms with Gasteiger partial charge >= 0.3 is 12.2 Å². The second kappa shape index (κ2) is 8.95. The lowest BCUT2D eigenvalue weighted by Gasteiger charge is -2.31. The maximum atomic E-state index is 12.6. The van der Waals surface area contributed by atoms with Crippen LogP contribution >= 0.6 is 0 Å². The molecule has 2 rings (SSSR count). The van der Waals surface area contributed by atoms with Crippen molar-refractivity contribution < 1.29 is 18.0 Å². The number of nitrogens with one attached hydrogen (secondary N) is 1. The van der Waals surface area contributed by atoms with Crippen LogP contribution in [0.25, 0.3) is 0 Å². The molecule has 7 heteroatoms. The van der Waals surface area contributed by atoms with Crippen LogP contribution in [0.15, 0.2) is 30.3 Å². The van der Waals surface area contributed by atoms with Crippen LogP contribution in [0.4, 0.5) is 18.0 Å². The Kier molecular flexibility index (Phi) is 7.14. The van der Waals surface area contributed by atoms with Gasteiger partial charge in [-0.05, 0) is 30.7 Å². The maximum Gasteiger partial charge on any atom is 0.401 e. The van der Waals surface area contributed by atoms with E-state index in [9.17, 15) is 18.0 Å². The summed E-state index contributed by atoms with van der Waals surface area (Å²) < 4.78 is 37.7. The van der Waals surface area contributed by atoms with Gasteiger partial charge in [-0.3, -0.25) is 4.90 Å². The highest BCUT2D eigenvalue weighted by Crippen LogP contribution is 2.28. The lowest BCUT2D eigenvalue weighted by molar-refractivity contribution is -0.145. The van der Waals surface area contributed by atoms with Gasteiger partial charge < -0.3 is 10.2 Å². The quantitative estimate of drug-likeness (QED) is 0.831. The molecule has 27 heavy (non-hydrogen) atoms. The minimum absolute atomic E-state index is 0.0396. The molecule has 1 saturated heterocycles. The van der Waals surface area contributed by atoms with Gasteiger partial charge in [0.2, 0.25) is 0 Å². The van der Waals surface area contributed by atoms with E-state index in [4.69, 9.17) is 0 Å². The third-order valence-corrected chi connectivity index (χ3v) is 5.02. The van der Waals surface area contributed by atoms with Gasteiger partial charge in [-0.25, -0.2) is 4.79 Å². The molecule has 1 unspecified atom stereocenters. The third-order valence-electron chi connectivity index (χ3n) is 5.02. The summed E-state index contributed by atoms with van der Waals surface area (Å²) in [7, 11) is 0. The fourth-order valence-corrected chi connectivity index (χ4v) is 3.71. The molecule has 0 aliphatic carbocycles. The zero-order valence-electron chi connectivity index (χ0n) is 16.4. The summed E-state index contributed by atoms with van der Waals surface area (Å²) in [5.41, 5.74) is 1.12. The van der Waals surface area contributed by atoms with Crippen LogP contribution in [0.5, 0.6) is 0 Å². The fourth-order valence-electron chi connectivity index (χ4n) is 3.71. The van der Waals surface area contributed by atoms with Crippen molar-refractivity contribution in [1.29, 1.82) is 0 Å². The van der Waals surface area contributed by atoms with Crippen LogP contribution in [-0.2, 0) is 5.41 Å². The number of carbonyl (C=O) groups excluding carboxylic acids is 1. The largest absolute Gasteiger partial charge is 0.401 e. The Labute approximate surface area is 159 Å². The number of alkyl halides is 3. The molecule has 1 aromatic carbocycles. The number of hydrogen-bond acceptors (Lipinski definition) is 2. The third kappa shape index (κ3) is 7.05. The minimum atomic E-state index is -4.20. The molecule has 1 aromatic rings. The van der Waals surface area contributed by atoms with Crippen LogP contribution in [0, 0.1) is 0 Å². The summed E-state index contributed by atoms with van der Waals surface area (Å²) >= 11 is 0. The van der Waals surface area contributed by atoms with Crippen molar-refractivity contribution in [3.63, 3.8) is 0 Å². The van der Waals surface area contributed by atoms with E-state index in [0.29, 0.717) is 26.1 Å². The van der Waals surface area contributed by atoms with E-state index < -0.39 is 12.7 Å². The van der Waals surface area contributed by atoms with Gasteiger partial charge in [0.1, 0.15) is 0 Å². The number of hydrogen-bond donors (Lipinski definition) is 1. The van der Waals surface area contributed by atoms with Crippen LogP contribution in [0.3, 0.4) is 0 Å². The summed E-state index contributed by atoms with van der Waals surface area (Å²) in [6.45, 7) is 6.75. The number of benzene rings is 1. The molecule has 2 amide bonds. The van der Waals surface area contributed by atoms with E-state index in [1.54, 1.807) is 4.90 Å². The number of carbonyl (C=O) groups is 1. The molecule has 1 atom stereocenters. The summed E-state index contributed by atoms with van der Waals surface area (Å²) in [6, 6.07) is 9.92. The van der Waals surface area contributed by atoms with Gasteiger partial charge in [-0.1, -0.05) is 44.2 Å². The Morgan fingerprint density at radius 1 is 1.11 bits per heavy atom. The van der Waals surface area contributed by atoms with Crippen molar-refractivity contribution in [2.45, 2.75) is 51.2 Å². The Morgan fingerprint density at radius 3 is 2.41 bits per heavy atom. The van der Waals surface area contributed by atoms with Crippen LogP contribution in [0.1, 0.15) is 39.2 Å². The van der Waals surface area contributed by atoms with Crippen LogP contribution in [-0.4, -0.2) is 60.8 Å². The molecule has 0 radical (unpaired) electrons. The number of nitrogens with zero attached hydrogens (tertiary/aromatic N) is 2. The minimum Gasteiger partial charge on any atom is -0.336 e. The average molecular weight is 385 g/mol. The van der Waals surface area contributed by atoms with Gasteiger partial charge in [0.25, 0.3) is 0 Å². The topological polar surface area (TPSA) is 35.6 Å². The molecule has 0 bridgehead atoms. The lowest BCUT2D eigenvalue weighted by Crippen LogP contribution is -2.47. The zero-order valence-corrected chi connectivity index (χ0v) is 16.4. The highest BCUT2D eigenvalue weighted by molar-refractivity contribution is 5.74. The molecule has 0 spiro atoms. The molecule has 4 nitrogen and oxygen atoms in total. The maximum absolute atomic E-state index is 12.6. The summed E-state index contributed by atoms with van der Waals surface area (Å²) in [5.74, 6) is 0. The number of urea groups is 1. The Morgan fingerprint density at radius 2 is 1.78 bits per heavy atom. The average Bonchev–Trinajstić information content (AvgIpc) is 2.79. The number of amides is 2. The smallest absolute Gasteiger partial charge is 0.336 e. The summed E-state index contributed by atoms with van der Waals surface area (Å²) in [5, 5.41) is 3.01. The second-order valence-corrected chi connectivity index (χ2v) is 8.04. The van der Waals surface area contributed by atoms with E-state index in [-0.39, 0.29) is 24.0 Å². The Bertz CT molecular complexity index is 604. The van der Waals surface area contributed by atoms with Gasteiger partial charge in [0.15, 0.2) is 0 Å². The number of halogens is 3. The van der Waals surface area contributed by atoms with Crippen molar-refractivity contribution in [3.05, 3.63) is 35.9 Å². The molecular weight excluding hydrogens is 355 g/mol. The molecular formula is C20H30F3N3O. The molecule has 1 fully saturated rings.